The number of hydrogen-bond donors (Lipinski definition) is 0. The monoisotopic (exact) mass is 480 g/mol. The molecule has 0 amide bonds. The second-order valence-corrected chi connectivity index (χ2v) is 10.0. The summed E-state index contributed by atoms with van der Waals surface area (Å²) in [5.41, 5.74) is -1.63. The van der Waals surface area contributed by atoms with E-state index in [1.54, 1.807) is 0 Å². The Morgan fingerprint density at radius 3 is 2.06 bits per heavy atom. The maximum absolute atomic E-state index is 13.2. The minimum atomic E-state index is -1.63. The van der Waals surface area contributed by atoms with Crippen LogP contribution in [0.25, 0.3) is 0 Å². The summed E-state index contributed by atoms with van der Waals surface area (Å²) in [4.78, 5) is 38.1. The maximum Gasteiger partial charge on any atom is 0.351 e. The third kappa shape index (κ3) is 11.1. The summed E-state index contributed by atoms with van der Waals surface area (Å²) in [6.45, 7) is 10.1. The first kappa shape index (κ1) is 30.2. The maximum atomic E-state index is 13.2. The molecule has 0 radical (unpaired) electrons. The highest BCUT2D eigenvalue weighted by Crippen LogP contribution is 2.39. The van der Waals surface area contributed by atoms with Gasteiger partial charge in [0.15, 0.2) is 0 Å². The van der Waals surface area contributed by atoms with Gasteiger partial charge < -0.3 is 14.2 Å². The fourth-order valence-electron chi connectivity index (χ4n) is 4.48. The van der Waals surface area contributed by atoms with Gasteiger partial charge in [-0.3, -0.25) is 4.79 Å². The second-order valence-electron chi connectivity index (χ2n) is 10.0. The number of rotatable bonds is 18. The quantitative estimate of drug-likeness (QED) is 0.0940. The molecule has 196 valence electrons. The van der Waals surface area contributed by atoms with Crippen molar-refractivity contribution in [2.75, 3.05) is 13.2 Å². The Balaban J connectivity index is 2.52. The van der Waals surface area contributed by atoms with Gasteiger partial charge in [-0.15, -0.1) is 0 Å². The van der Waals surface area contributed by atoms with Gasteiger partial charge in [-0.2, -0.15) is 0 Å². The number of carbonyl (C=O) groups is 3. The molecule has 2 atom stereocenters. The van der Waals surface area contributed by atoms with Crippen LogP contribution in [0.1, 0.15) is 117 Å². The number of esters is 3. The summed E-state index contributed by atoms with van der Waals surface area (Å²) in [5.74, 6) is -2.55. The molecule has 34 heavy (non-hydrogen) atoms. The van der Waals surface area contributed by atoms with Crippen molar-refractivity contribution in [1.82, 2.24) is 0 Å². The Labute approximate surface area is 207 Å². The number of hydrogen-bond acceptors (Lipinski definition) is 6. The molecule has 1 rings (SSSR count). The summed E-state index contributed by atoms with van der Waals surface area (Å²) < 4.78 is 16.5. The zero-order valence-electron chi connectivity index (χ0n) is 21.9. The third-order valence-corrected chi connectivity index (χ3v) is 6.47. The van der Waals surface area contributed by atoms with E-state index in [-0.39, 0.29) is 25.6 Å². The summed E-state index contributed by atoms with van der Waals surface area (Å²) in [7, 11) is 0. The first-order valence-corrected chi connectivity index (χ1v) is 13.6. The van der Waals surface area contributed by atoms with Crippen LogP contribution in [0.5, 0.6) is 0 Å². The zero-order chi connectivity index (χ0) is 25.2. The third-order valence-electron chi connectivity index (χ3n) is 6.47. The molecule has 0 aromatic heterocycles. The van der Waals surface area contributed by atoms with Crippen molar-refractivity contribution in [3.8, 4) is 0 Å². The van der Waals surface area contributed by atoms with Crippen molar-refractivity contribution in [2.45, 2.75) is 123 Å². The molecular weight excluding hydrogens is 432 g/mol. The standard InChI is InChI=1S/C28H48O6/c1-5-7-8-9-10-11-12-13-14-15-18-21-32-27(31)28(34-25(29)6-2)20-17-16-19-24(28)26(30)33-22-23(3)4/h6,23-24H,2,5,7-22H2,1,3-4H3. The molecule has 0 aromatic carbocycles. The lowest BCUT2D eigenvalue weighted by Gasteiger charge is -2.39. The number of unbranched alkanes of at least 4 members (excludes halogenated alkanes) is 10. The van der Waals surface area contributed by atoms with E-state index in [0.717, 1.165) is 31.8 Å². The van der Waals surface area contributed by atoms with Gasteiger partial charge in [-0.25, -0.2) is 9.59 Å². The summed E-state index contributed by atoms with van der Waals surface area (Å²) in [5, 5.41) is 0. The summed E-state index contributed by atoms with van der Waals surface area (Å²) in [6, 6.07) is 0. The van der Waals surface area contributed by atoms with Crippen LogP contribution in [0, 0.1) is 11.8 Å². The van der Waals surface area contributed by atoms with E-state index in [4.69, 9.17) is 14.2 Å². The lowest BCUT2D eigenvalue weighted by atomic mass is 9.75. The molecule has 2 unspecified atom stereocenters. The van der Waals surface area contributed by atoms with Crippen LogP contribution < -0.4 is 0 Å². The average Bonchev–Trinajstić information content (AvgIpc) is 2.83. The van der Waals surface area contributed by atoms with Gasteiger partial charge in [-0.05, 0) is 31.6 Å². The normalized spacial score (nSPS) is 20.1. The Morgan fingerprint density at radius 1 is 0.912 bits per heavy atom. The lowest BCUT2D eigenvalue weighted by molar-refractivity contribution is -0.198. The fraction of sp³-hybridized carbons (Fsp3) is 0.821. The highest BCUT2D eigenvalue weighted by Gasteiger charge is 2.55. The Hall–Kier alpha value is -1.85. The van der Waals surface area contributed by atoms with Gasteiger partial charge >= 0.3 is 17.9 Å². The molecule has 1 saturated carbocycles. The van der Waals surface area contributed by atoms with E-state index < -0.39 is 29.4 Å². The molecule has 1 aliphatic carbocycles. The van der Waals surface area contributed by atoms with Crippen LogP contribution in [0.2, 0.25) is 0 Å². The molecule has 0 aromatic rings. The van der Waals surface area contributed by atoms with Crippen molar-refractivity contribution < 1.29 is 28.6 Å². The summed E-state index contributed by atoms with van der Waals surface area (Å²) in [6.07, 6.45) is 16.4. The smallest absolute Gasteiger partial charge is 0.351 e. The molecule has 0 bridgehead atoms. The van der Waals surface area contributed by atoms with Gasteiger partial charge in [0.05, 0.1) is 13.2 Å². The van der Waals surface area contributed by atoms with Crippen molar-refractivity contribution in [2.24, 2.45) is 11.8 Å². The van der Waals surface area contributed by atoms with E-state index in [1.807, 2.05) is 13.8 Å². The molecule has 0 N–H and O–H groups in total. The fourth-order valence-corrected chi connectivity index (χ4v) is 4.48. The van der Waals surface area contributed by atoms with Crippen LogP contribution in [-0.2, 0) is 28.6 Å². The molecule has 1 aliphatic rings. The minimum absolute atomic E-state index is 0.172. The van der Waals surface area contributed by atoms with Crippen molar-refractivity contribution in [3.05, 3.63) is 12.7 Å². The zero-order valence-corrected chi connectivity index (χ0v) is 21.9. The van der Waals surface area contributed by atoms with Gasteiger partial charge in [0.1, 0.15) is 5.92 Å². The van der Waals surface area contributed by atoms with Crippen molar-refractivity contribution >= 4 is 17.9 Å². The second kappa shape index (κ2) is 17.6. The van der Waals surface area contributed by atoms with Crippen molar-refractivity contribution in [1.29, 1.82) is 0 Å². The predicted molar refractivity (Wildman–Crippen MR) is 134 cm³/mol. The Morgan fingerprint density at radius 2 is 1.50 bits per heavy atom. The van der Waals surface area contributed by atoms with Gasteiger partial charge in [0, 0.05) is 6.08 Å². The summed E-state index contributed by atoms with van der Waals surface area (Å²) >= 11 is 0. The number of carbonyl (C=O) groups excluding carboxylic acids is 3. The van der Waals surface area contributed by atoms with Crippen LogP contribution in [0.15, 0.2) is 12.7 Å². The highest BCUT2D eigenvalue weighted by atomic mass is 16.6. The first-order valence-electron chi connectivity index (χ1n) is 13.6. The Bertz CT molecular complexity index is 614. The average molecular weight is 481 g/mol. The van der Waals surface area contributed by atoms with E-state index in [2.05, 4.69) is 13.5 Å². The first-order chi connectivity index (χ1) is 16.4. The molecule has 6 nitrogen and oxygen atoms in total. The van der Waals surface area contributed by atoms with Crippen LogP contribution in [-0.4, -0.2) is 36.7 Å². The molecule has 0 saturated heterocycles. The molecule has 0 heterocycles. The predicted octanol–water partition coefficient (Wildman–Crippen LogP) is 6.70. The van der Waals surface area contributed by atoms with E-state index in [9.17, 15) is 14.4 Å². The van der Waals surface area contributed by atoms with Crippen LogP contribution in [0.4, 0.5) is 0 Å². The van der Waals surface area contributed by atoms with E-state index in [1.165, 1.54) is 51.4 Å². The van der Waals surface area contributed by atoms with E-state index in [0.29, 0.717) is 12.8 Å². The molecule has 0 aliphatic heterocycles. The van der Waals surface area contributed by atoms with Gasteiger partial charge in [-0.1, -0.05) is 98.0 Å². The van der Waals surface area contributed by atoms with Gasteiger partial charge in [0.2, 0.25) is 5.60 Å². The topological polar surface area (TPSA) is 78.9 Å². The van der Waals surface area contributed by atoms with Crippen LogP contribution in [0.3, 0.4) is 0 Å². The molecular formula is C28H48O6. The molecule has 0 spiro atoms. The SMILES string of the molecule is C=CC(=O)OC1(C(=O)OCCCCCCCCCCCCC)CCCCC1C(=O)OCC(C)C. The Kier molecular flexibility index (Phi) is 15.6. The van der Waals surface area contributed by atoms with E-state index >= 15 is 0 Å². The molecule has 6 heteroatoms. The highest BCUT2D eigenvalue weighted by molar-refractivity contribution is 5.92. The van der Waals surface area contributed by atoms with Gasteiger partial charge in [0.25, 0.3) is 0 Å². The van der Waals surface area contributed by atoms with Crippen molar-refractivity contribution in [3.63, 3.8) is 0 Å². The van der Waals surface area contributed by atoms with Crippen LogP contribution >= 0.6 is 0 Å². The molecule has 1 fully saturated rings. The number of ether oxygens (including phenoxy) is 3. The largest absolute Gasteiger partial charge is 0.465 e. The lowest BCUT2D eigenvalue weighted by Crippen LogP contribution is -2.55. The minimum Gasteiger partial charge on any atom is -0.465 e.